The van der Waals surface area contributed by atoms with Gasteiger partial charge in [-0.1, -0.05) is 17.4 Å². The fourth-order valence-corrected chi connectivity index (χ4v) is 6.11. The number of methoxy groups -OCH3 is 1. The van der Waals surface area contributed by atoms with Gasteiger partial charge < -0.3 is 19.1 Å². The van der Waals surface area contributed by atoms with Crippen molar-refractivity contribution < 1.29 is 23.9 Å². The van der Waals surface area contributed by atoms with E-state index in [0.717, 1.165) is 17.0 Å². The summed E-state index contributed by atoms with van der Waals surface area (Å²) < 4.78 is 18.7. The van der Waals surface area contributed by atoms with E-state index >= 15 is 0 Å². The summed E-state index contributed by atoms with van der Waals surface area (Å²) in [5, 5.41) is 11.6. The van der Waals surface area contributed by atoms with Gasteiger partial charge >= 0.3 is 5.97 Å². The molecular weight excluding hydrogens is 572 g/mol. The van der Waals surface area contributed by atoms with E-state index < -0.39 is 16.9 Å². The number of hydrogen-bond donors (Lipinski definition) is 0. The minimum absolute atomic E-state index is 0.0796. The number of thiazole rings is 1. The molecule has 43 heavy (non-hydrogen) atoms. The average molecular weight is 609 g/mol. The Morgan fingerprint density at radius 2 is 1.88 bits per heavy atom. The van der Waals surface area contributed by atoms with Crippen LogP contribution in [-0.4, -0.2) is 48.4 Å². The summed E-state index contributed by atoms with van der Waals surface area (Å²) >= 11 is 1.16. The number of rotatable bonds is 11. The molecule has 228 valence electrons. The number of nitrogens with zero attached hydrogens (tertiary/aromatic N) is 4. The van der Waals surface area contributed by atoms with E-state index in [1.807, 2.05) is 27.7 Å². The molecule has 0 N–H and O–H groups in total. The van der Waals surface area contributed by atoms with Crippen molar-refractivity contribution in [3.05, 3.63) is 88.6 Å². The summed E-state index contributed by atoms with van der Waals surface area (Å²) in [7, 11) is 1.53. The second kappa shape index (κ2) is 13.2. The number of non-ortho nitro benzene ring substituents is 1. The zero-order valence-electron chi connectivity index (χ0n) is 25.4. The first kappa shape index (κ1) is 31.5. The molecule has 1 atom stereocenters. The normalized spacial score (nSPS) is 14.8. The van der Waals surface area contributed by atoms with Gasteiger partial charge in [-0.25, -0.2) is 9.79 Å². The van der Waals surface area contributed by atoms with Crippen LogP contribution in [0.1, 0.15) is 58.7 Å². The quantitative estimate of drug-likeness (QED) is 0.179. The average Bonchev–Trinajstić information content (AvgIpc) is 3.27. The standard InChI is InChI=1S/C31H36N4O7S/c1-8-33(9-2)23-13-12-22(35(38)39)15-21(23)17-26-29(36)34-28(20-11-14-24(42-18(4)5)25(16-20)40-7)27(30(37)41-10-3)19(6)32-31(34)43-26/h11-18,28H,8-10H2,1-7H3/b26-17-/t28-/m1/s1. The van der Waals surface area contributed by atoms with Crippen molar-refractivity contribution in [1.29, 1.82) is 0 Å². The number of benzene rings is 2. The fourth-order valence-electron chi connectivity index (χ4n) is 5.08. The van der Waals surface area contributed by atoms with Crippen molar-refractivity contribution in [1.82, 2.24) is 4.57 Å². The Kier molecular flexibility index (Phi) is 9.70. The monoisotopic (exact) mass is 608 g/mol. The van der Waals surface area contributed by atoms with E-state index in [1.54, 1.807) is 44.2 Å². The van der Waals surface area contributed by atoms with Gasteiger partial charge in [0.25, 0.3) is 11.2 Å². The van der Waals surface area contributed by atoms with Crippen LogP contribution in [0.3, 0.4) is 0 Å². The van der Waals surface area contributed by atoms with Crippen LogP contribution in [-0.2, 0) is 9.53 Å². The molecule has 0 amide bonds. The molecule has 0 fully saturated rings. The second-order valence-electron chi connectivity index (χ2n) is 10.1. The van der Waals surface area contributed by atoms with Gasteiger partial charge in [-0.2, -0.15) is 0 Å². The Hall–Kier alpha value is -4.45. The largest absolute Gasteiger partial charge is 0.493 e. The van der Waals surface area contributed by atoms with Gasteiger partial charge in [0, 0.05) is 36.5 Å². The minimum atomic E-state index is -0.855. The van der Waals surface area contributed by atoms with Gasteiger partial charge in [0.05, 0.1) is 46.6 Å². The predicted octanol–water partition coefficient (Wildman–Crippen LogP) is 4.35. The first-order chi connectivity index (χ1) is 20.5. The molecule has 0 saturated heterocycles. The molecule has 1 aromatic heterocycles. The first-order valence-corrected chi connectivity index (χ1v) is 14.9. The van der Waals surface area contributed by atoms with E-state index in [9.17, 15) is 19.7 Å². The van der Waals surface area contributed by atoms with Crippen molar-refractivity contribution in [2.75, 3.05) is 31.7 Å². The highest BCUT2D eigenvalue weighted by atomic mass is 32.1. The van der Waals surface area contributed by atoms with Crippen LogP contribution in [0.5, 0.6) is 11.5 Å². The third-order valence-corrected chi connectivity index (χ3v) is 7.98. The maximum atomic E-state index is 14.1. The first-order valence-electron chi connectivity index (χ1n) is 14.1. The Morgan fingerprint density at radius 1 is 1.16 bits per heavy atom. The summed E-state index contributed by atoms with van der Waals surface area (Å²) in [6.07, 6.45) is 1.56. The van der Waals surface area contributed by atoms with Gasteiger partial charge in [-0.3, -0.25) is 19.5 Å². The number of aromatic nitrogens is 1. The number of carbonyl (C=O) groups is 1. The topological polar surface area (TPSA) is 126 Å². The third-order valence-electron chi connectivity index (χ3n) is 7.00. The molecule has 0 spiro atoms. The molecule has 11 nitrogen and oxygen atoms in total. The van der Waals surface area contributed by atoms with E-state index in [4.69, 9.17) is 14.2 Å². The molecular formula is C31H36N4O7S. The molecule has 4 rings (SSSR count). The zero-order valence-corrected chi connectivity index (χ0v) is 26.2. The van der Waals surface area contributed by atoms with E-state index in [-0.39, 0.29) is 29.5 Å². The molecule has 3 aromatic rings. The molecule has 1 aliphatic heterocycles. The van der Waals surface area contributed by atoms with Gasteiger partial charge in [-0.15, -0.1) is 0 Å². The van der Waals surface area contributed by atoms with Crippen LogP contribution in [0.4, 0.5) is 11.4 Å². The number of ether oxygens (including phenoxy) is 3. The van der Waals surface area contributed by atoms with Crippen molar-refractivity contribution in [2.45, 2.75) is 53.7 Å². The second-order valence-corrected chi connectivity index (χ2v) is 11.1. The van der Waals surface area contributed by atoms with Crippen molar-refractivity contribution in [3.63, 3.8) is 0 Å². The highest BCUT2D eigenvalue weighted by Gasteiger charge is 2.34. The summed E-state index contributed by atoms with van der Waals surface area (Å²) in [5.41, 5.74) is 2.11. The number of fused-ring (bicyclic) bond motifs is 1. The van der Waals surface area contributed by atoms with Crippen LogP contribution in [0.15, 0.2) is 57.5 Å². The predicted molar refractivity (Wildman–Crippen MR) is 166 cm³/mol. The highest BCUT2D eigenvalue weighted by molar-refractivity contribution is 7.07. The molecule has 0 unspecified atom stereocenters. The lowest BCUT2D eigenvalue weighted by molar-refractivity contribution is -0.384. The van der Waals surface area contributed by atoms with Crippen LogP contribution in [0, 0.1) is 10.1 Å². The Balaban J connectivity index is 1.99. The molecule has 0 bridgehead atoms. The zero-order chi connectivity index (χ0) is 31.4. The fraction of sp³-hybridized carbons (Fsp3) is 0.387. The Bertz CT molecular complexity index is 1750. The SMILES string of the molecule is CCOC(=O)C1=C(C)N=c2s/c(=C\c3cc([N+](=O)[O-])ccc3N(CC)CC)c(=O)n2[C@@H]1c1ccc(OC(C)C)c(OC)c1. The van der Waals surface area contributed by atoms with Gasteiger partial charge in [-0.05, 0) is 71.4 Å². The maximum absolute atomic E-state index is 14.1. The Morgan fingerprint density at radius 3 is 2.49 bits per heavy atom. The van der Waals surface area contributed by atoms with Crippen molar-refractivity contribution in [3.8, 4) is 11.5 Å². The number of allylic oxidation sites excluding steroid dienone is 1. The Labute approximate surface area is 253 Å². The molecule has 2 heterocycles. The lowest BCUT2D eigenvalue weighted by Crippen LogP contribution is -2.40. The van der Waals surface area contributed by atoms with Crippen LogP contribution in [0.2, 0.25) is 0 Å². The number of esters is 1. The van der Waals surface area contributed by atoms with Crippen molar-refractivity contribution in [2.24, 2.45) is 4.99 Å². The number of carbonyl (C=O) groups excluding carboxylic acids is 1. The van der Waals surface area contributed by atoms with Gasteiger partial charge in [0.15, 0.2) is 16.3 Å². The highest BCUT2D eigenvalue weighted by Crippen LogP contribution is 2.36. The van der Waals surface area contributed by atoms with Crippen LogP contribution in [0.25, 0.3) is 6.08 Å². The molecule has 12 heteroatoms. The molecule has 0 radical (unpaired) electrons. The number of anilines is 1. The minimum Gasteiger partial charge on any atom is -0.493 e. The van der Waals surface area contributed by atoms with Crippen molar-refractivity contribution >= 4 is 34.8 Å². The number of nitro benzene ring substituents is 1. The van der Waals surface area contributed by atoms with E-state index in [2.05, 4.69) is 9.89 Å². The summed E-state index contributed by atoms with van der Waals surface area (Å²) in [6.45, 7) is 12.7. The smallest absolute Gasteiger partial charge is 0.338 e. The van der Waals surface area contributed by atoms with E-state index in [1.165, 1.54) is 23.8 Å². The molecule has 1 aliphatic rings. The lowest BCUT2D eigenvalue weighted by atomic mass is 9.95. The molecule has 2 aromatic carbocycles. The van der Waals surface area contributed by atoms with Crippen LogP contribution >= 0.6 is 11.3 Å². The van der Waals surface area contributed by atoms with Crippen LogP contribution < -0.4 is 29.3 Å². The number of nitro groups is 1. The summed E-state index contributed by atoms with van der Waals surface area (Å²) in [4.78, 5) is 45.7. The van der Waals surface area contributed by atoms with Gasteiger partial charge in [0.2, 0.25) is 0 Å². The van der Waals surface area contributed by atoms with Gasteiger partial charge in [0.1, 0.15) is 0 Å². The molecule has 0 saturated carbocycles. The summed E-state index contributed by atoms with van der Waals surface area (Å²) in [5.74, 6) is 0.403. The third kappa shape index (κ3) is 6.34. The number of hydrogen-bond acceptors (Lipinski definition) is 10. The lowest BCUT2D eigenvalue weighted by Gasteiger charge is -2.25. The maximum Gasteiger partial charge on any atom is 0.338 e. The summed E-state index contributed by atoms with van der Waals surface area (Å²) in [6, 6.07) is 9.06. The van der Waals surface area contributed by atoms with E-state index in [0.29, 0.717) is 50.7 Å². The molecule has 0 aliphatic carbocycles.